The lowest BCUT2D eigenvalue weighted by molar-refractivity contribution is -0.132. The van der Waals surface area contributed by atoms with E-state index in [4.69, 9.17) is 0 Å². The van der Waals surface area contributed by atoms with E-state index < -0.39 is 0 Å². The number of amides is 2. The molecule has 0 aromatic rings. The van der Waals surface area contributed by atoms with Gasteiger partial charge in [0.2, 0.25) is 11.8 Å². The molecule has 0 saturated carbocycles. The molecule has 1 aliphatic heterocycles. The predicted octanol–water partition coefficient (Wildman–Crippen LogP) is -0.326. The van der Waals surface area contributed by atoms with E-state index in [1.54, 1.807) is 30.8 Å². The standard InChI is InChI=1S/C11H21N3O2/c1-5-13(3)10(15)8(2)12-9-6-7-14(4)11(9)16/h8-9,12H,5-7H2,1-4H3. The van der Waals surface area contributed by atoms with Gasteiger partial charge in [0.1, 0.15) is 0 Å². The van der Waals surface area contributed by atoms with Crippen molar-refractivity contribution in [2.45, 2.75) is 32.4 Å². The minimum absolute atomic E-state index is 0.0323. The monoisotopic (exact) mass is 227 g/mol. The zero-order valence-electron chi connectivity index (χ0n) is 10.5. The molecule has 1 saturated heterocycles. The quantitative estimate of drug-likeness (QED) is 0.716. The second-order valence-corrected chi connectivity index (χ2v) is 4.34. The normalized spacial score (nSPS) is 22.4. The second kappa shape index (κ2) is 5.30. The van der Waals surface area contributed by atoms with E-state index in [0.717, 1.165) is 13.0 Å². The topological polar surface area (TPSA) is 52.7 Å². The highest BCUT2D eigenvalue weighted by atomic mass is 16.2. The molecule has 16 heavy (non-hydrogen) atoms. The number of nitrogens with one attached hydrogen (secondary N) is 1. The Hall–Kier alpha value is -1.10. The molecule has 5 nitrogen and oxygen atoms in total. The van der Waals surface area contributed by atoms with Crippen LogP contribution in [0.5, 0.6) is 0 Å². The van der Waals surface area contributed by atoms with Crippen molar-refractivity contribution < 1.29 is 9.59 Å². The molecule has 2 unspecified atom stereocenters. The number of hydrogen-bond acceptors (Lipinski definition) is 3. The Morgan fingerprint density at radius 1 is 1.69 bits per heavy atom. The molecule has 2 amide bonds. The summed E-state index contributed by atoms with van der Waals surface area (Å²) in [6.45, 7) is 5.18. The van der Waals surface area contributed by atoms with Crippen LogP contribution < -0.4 is 5.32 Å². The molecule has 1 fully saturated rings. The summed E-state index contributed by atoms with van der Waals surface area (Å²) in [6, 6.07) is -0.500. The third kappa shape index (κ3) is 2.72. The van der Waals surface area contributed by atoms with E-state index in [1.165, 1.54) is 0 Å². The molecule has 0 radical (unpaired) electrons. The van der Waals surface area contributed by atoms with Crippen molar-refractivity contribution in [1.29, 1.82) is 0 Å². The lowest BCUT2D eigenvalue weighted by Crippen LogP contribution is -2.49. The van der Waals surface area contributed by atoms with E-state index in [2.05, 4.69) is 5.32 Å². The Morgan fingerprint density at radius 2 is 2.31 bits per heavy atom. The van der Waals surface area contributed by atoms with Gasteiger partial charge in [-0.1, -0.05) is 0 Å². The highest BCUT2D eigenvalue weighted by Gasteiger charge is 2.31. The zero-order chi connectivity index (χ0) is 12.3. The summed E-state index contributed by atoms with van der Waals surface area (Å²) < 4.78 is 0. The molecule has 0 aliphatic carbocycles. The first-order valence-corrected chi connectivity index (χ1v) is 5.73. The Morgan fingerprint density at radius 3 is 2.75 bits per heavy atom. The molecule has 92 valence electrons. The molecule has 1 rings (SSSR count). The summed E-state index contributed by atoms with van der Waals surface area (Å²) in [5.74, 6) is 0.114. The van der Waals surface area contributed by atoms with E-state index in [0.29, 0.717) is 6.54 Å². The van der Waals surface area contributed by atoms with E-state index in [-0.39, 0.29) is 23.9 Å². The molecule has 0 bridgehead atoms. The lowest BCUT2D eigenvalue weighted by Gasteiger charge is -2.22. The van der Waals surface area contributed by atoms with Crippen molar-refractivity contribution in [2.75, 3.05) is 27.2 Å². The number of hydrogen-bond donors (Lipinski definition) is 1. The van der Waals surface area contributed by atoms with Crippen LogP contribution in [0.4, 0.5) is 0 Å². The molecular weight excluding hydrogens is 206 g/mol. The maximum atomic E-state index is 11.8. The van der Waals surface area contributed by atoms with Gasteiger partial charge in [-0.3, -0.25) is 14.9 Å². The van der Waals surface area contributed by atoms with Crippen molar-refractivity contribution in [3.05, 3.63) is 0 Å². The molecule has 1 heterocycles. The van der Waals surface area contributed by atoms with Gasteiger partial charge in [0.25, 0.3) is 0 Å². The van der Waals surface area contributed by atoms with E-state index >= 15 is 0 Å². The fourth-order valence-corrected chi connectivity index (χ4v) is 1.84. The van der Waals surface area contributed by atoms with Gasteiger partial charge in [0, 0.05) is 27.2 Å². The van der Waals surface area contributed by atoms with Crippen LogP contribution in [-0.4, -0.2) is 60.9 Å². The van der Waals surface area contributed by atoms with Crippen LogP contribution in [0.2, 0.25) is 0 Å². The number of nitrogens with zero attached hydrogens (tertiary/aromatic N) is 2. The molecule has 5 heteroatoms. The molecule has 1 aliphatic rings. The van der Waals surface area contributed by atoms with Gasteiger partial charge in [0.15, 0.2) is 0 Å². The fourth-order valence-electron chi connectivity index (χ4n) is 1.84. The van der Waals surface area contributed by atoms with Crippen LogP contribution in [0, 0.1) is 0 Å². The summed E-state index contributed by atoms with van der Waals surface area (Å²) in [6.07, 6.45) is 0.781. The highest BCUT2D eigenvalue weighted by Crippen LogP contribution is 2.09. The smallest absolute Gasteiger partial charge is 0.239 e. The number of likely N-dealkylation sites (N-methyl/N-ethyl adjacent to an activating group) is 2. The van der Waals surface area contributed by atoms with Crippen molar-refractivity contribution >= 4 is 11.8 Å². The van der Waals surface area contributed by atoms with Crippen molar-refractivity contribution in [1.82, 2.24) is 15.1 Å². The Balaban J connectivity index is 2.48. The Bertz CT molecular complexity index is 280. The van der Waals surface area contributed by atoms with Crippen LogP contribution in [0.1, 0.15) is 20.3 Å². The summed E-state index contributed by atoms with van der Waals surface area (Å²) >= 11 is 0. The second-order valence-electron chi connectivity index (χ2n) is 4.34. The van der Waals surface area contributed by atoms with Gasteiger partial charge in [-0.25, -0.2) is 0 Å². The minimum Gasteiger partial charge on any atom is -0.345 e. The van der Waals surface area contributed by atoms with Crippen LogP contribution >= 0.6 is 0 Å². The van der Waals surface area contributed by atoms with E-state index in [9.17, 15) is 9.59 Å². The van der Waals surface area contributed by atoms with Gasteiger partial charge in [-0.05, 0) is 20.3 Å². The SMILES string of the molecule is CCN(C)C(=O)C(C)NC1CCN(C)C1=O. The fraction of sp³-hybridized carbons (Fsp3) is 0.818. The number of carbonyl (C=O) groups is 2. The molecule has 0 spiro atoms. The summed E-state index contributed by atoms with van der Waals surface area (Å²) in [5, 5.41) is 3.09. The van der Waals surface area contributed by atoms with Crippen LogP contribution in [0.25, 0.3) is 0 Å². The molecular formula is C11H21N3O2. The van der Waals surface area contributed by atoms with Gasteiger partial charge in [0.05, 0.1) is 12.1 Å². The van der Waals surface area contributed by atoms with Gasteiger partial charge >= 0.3 is 0 Å². The Kier molecular flexibility index (Phi) is 4.29. The first-order valence-electron chi connectivity index (χ1n) is 5.73. The van der Waals surface area contributed by atoms with Crippen LogP contribution in [-0.2, 0) is 9.59 Å². The minimum atomic E-state index is -0.301. The average Bonchev–Trinajstić information content (AvgIpc) is 2.58. The molecule has 0 aromatic heterocycles. The maximum Gasteiger partial charge on any atom is 0.239 e. The first kappa shape index (κ1) is 13.0. The van der Waals surface area contributed by atoms with Gasteiger partial charge in [-0.15, -0.1) is 0 Å². The summed E-state index contributed by atoms with van der Waals surface area (Å²) in [7, 11) is 3.55. The molecule has 0 aromatic carbocycles. The predicted molar refractivity (Wildman–Crippen MR) is 62.0 cm³/mol. The molecule has 1 N–H and O–H groups in total. The summed E-state index contributed by atoms with van der Waals surface area (Å²) in [5.41, 5.74) is 0. The third-order valence-corrected chi connectivity index (χ3v) is 3.10. The van der Waals surface area contributed by atoms with Gasteiger partial charge < -0.3 is 9.80 Å². The van der Waals surface area contributed by atoms with Crippen molar-refractivity contribution in [3.63, 3.8) is 0 Å². The lowest BCUT2D eigenvalue weighted by atomic mass is 10.2. The largest absolute Gasteiger partial charge is 0.345 e. The average molecular weight is 227 g/mol. The maximum absolute atomic E-state index is 11.8. The number of carbonyl (C=O) groups excluding carboxylic acids is 2. The van der Waals surface area contributed by atoms with Crippen molar-refractivity contribution in [3.8, 4) is 0 Å². The molecule has 2 atom stereocenters. The summed E-state index contributed by atoms with van der Waals surface area (Å²) in [4.78, 5) is 26.8. The van der Waals surface area contributed by atoms with Gasteiger partial charge in [-0.2, -0.15) is 0 Å². The number of rotatable bonds is 4. The highest BCUT2D eigenvalue weighted by molar-refractivity contribution is 5.86. The third-order valence-electron chi connectivity index (χ3n) is 3.10. The van der Waals surface area contributed by atoms with Crippen molar-refractivity contribution in [2.24, 2.45) is 0 Å². The van der Waals surface area contributed by atoms with Crippen LogP contribution in [0.15, 0.2) is 0 Å². The van der Waals surface area contributed by atoms with Crippen LogP contribution in [0.3, 0.4) is 0 Å². The zero-order valence-corrected chi connectivity index (χ0v) is 10.5. The Labute approximate surface area is 96.8 Å². The first-order chi connectivity index (χ1) is 7.47. The number of likely N-dealkylation sites (tertiary alicyclic amines) is 1. The van der Waals surface area contributed by atoms with E-state index in [1.807, 2.05) is 6.92 Å².